The van der Waals surface area contributed by atoms with E-state index in [1.807, 2.05) is 4.90 Å². The van der Waals surface area contributed by atoms with E-state index < -0.39 is 0 Å². The number of piperidine rings is 1. The first-order chi connectivity index (χ1) is 14.6. The van der Waals surface area contributed by atoms with Crippen LogP contribution in [0.2, 0.25) is 0 Å². The third-order valence-corrected chi connectivity index (χ3v) is 6.86. The van der Waals surface area contributed by atoms with Crippen LogP contribution < -0.4 is 0 Å². The second-order valence-corrected chi connectivity index (χ2v) is 8.70. The lowest BCUT2D eigenvalue weighted by Gasteiger charge is -2.37. The van der Waals surface area contributed by atoms with Crippen molar-refractivity contribution in [1.29, 1.82) is 0 Å². The molecule has 160 valence electrons. The Morgan fingerprint density at radius 3 is 2.77 bits per heavy atom. The van der Waals surface area contributed by atoms with Crippen LogP contribution in [0, 0.1) is 5.82 Å². The SMILES string of the molecule is O=C1C[C@@H]2CCCN2C(=O)N1CCCN1CCC(c2noc3cc(F)ccc23)CC1. The minimum Gasteiger partial charge on any atom is -0.356 e. The normalized spacial score (nSPS) is 23.6. The maximum atomic E-state index is 13.4. The Kier molecular flexibility index (Phi) is 5.18. The van der Waals surface area contributed by atoms with Crippen molar-refractivity contribution < 1.29 is 18.5 Å². The molecular formula is C22H27FN4O3. The van der Waals surface area contributed by atoms with Gasteiger partial charge in [0.2, 0.25) is 5.91 Å². The molecule has 1 atom stereocenters. The molecule has 0 bridgehead atoms. The van der Waals surface area contributed by atoms with Crippen molar-refractivity contribution in [3.63, 3.8) is 0 Å². The van der Waals surface area contributed by atoms with Gasteiger partial charge >= 0.3 is 6.03 Å². The lowest BCUT2D eigenvalue weighted by atomic mass is 9.91. The molecule has 0 saturated carbocycles. The number of halogens is 1. The first-order valence-corrected chi connectivity index (χ1v) is 11.0. The van der Waals surface area contributed by atoms with E-state index in [-0.39, 0.29) is 23.8 Å². The number of benzene rings is 1. The van der Waals surface area contributed by atoms with E-state index in [9.17, 15) is 14.0 Å². The second-order valence-electron chi connectivity index (χ2n) is 8.70. The molecule has 3 saturated heterocycles. The van der Waals surface area contributed by atoms with Gasteiger partial charge in [-0.1, -0.05) is 5.16 Å². The van der Waals surface area contributed by atoms with Crippen molar-refractivity contribution in [2.75, 3.05) is 32.7 Å². The zero-order valence-electron chi connectivity index (χ0n) is 17.1. The highest BCUT2D eigenvalue weighted by Crippen LogP contribution is 2.33. The van der Waals surface area contributed by atoms with E-state index in [0.717, 1.165) is 69.4 Å². The number of rotatable bonds is 5. The number of aromatic nitrogens is 1. The van der Waals surface area contributed by atoms with Crippen molar-refractivity contribution >= 4 is 22.9 Å². The fourth-order valence-corrected chi connectivity index (χ4v) is 5.20. The number of carbonyl (C=O) groups excluding carboxylic acids is 2. The maximum absolute atomic E-state index is 13.4. The number of hydrogen-bond acceptors (Lipinski definition) is 5. The fraction of sp³-hybridized carbons (Fsp3) is 0.591. The lowest BCUT2D eigenvalue weighted by molar-refractivity contribution is -0.132. The van der Waals surface area contributed by atoms with E-state index in [1.165, 1.54) is 17.0 Å². The fourth-order valence-electron chi connectivity index (χ4n) is 5.20. The number of amides is 3. The van der Waals surface area contributed by atoms with Crippen molar-refractivity contribution in [2.45, 2.75) is 50.5 Å². The summed E-state index contributed by atoms with van der Waals surface area (Å²) in [4.78, 5) is 30.7. The van der Waals surface area contributed by atoms with Gasteiger partial charge in [0.15, 0.2) is 5.58 Å². The number of likely N-dealkylation sites (tertiary alicyclic amines) is 1. The van der Waals surface area contributed by atoms with E-state index >= 15 is 0 Å². The van der Waals surface area contributed by atoms with Crippen molar-refractivity contribution in [1.82, 2.24) is 19.9 Å². The van der Waals surface area contributed by atoms with Gasteiger partial charge in [-0.3, -0.25) is 9.69 Å². The maximum Gasteiger partial charge on any atom is 0.326 e. The van der Waals surface area contributed by atoms with Gasteiger partial charge in [-0.05, 0) is 63.9 Å². The molecule has 3 fully saturated rings. The van der Waals surface area contributed by atoms with E-state index in [4.69, 9.17) is 4.52 Å². The molecule has 3 aliphatic rings. The molecule has 1 aromatic heterocycles. The van der Waals surface area contributed by atoms with Crippen molar-refractivity contribution in [3.05, 3.63) is 29.7 Å². The molecule has 0 aliphatic carbocycles. The Labute approximate surface area is 174 Å². The summed E-state index contributed by atoms with van der Waals surface area (Å²) in [6.07, 6.45) is 5.17. The lowest BCUT2D eigenvalue weighted by Crippen LogP contribution is -2.55. The van der Waals surface area contributed by atoms with Crippen LogP contribution >= 0.6 is 0 Å². The van der Waals surface area contributed by atoms with E-state index in [2.05, 4.69) is 10.1 Å². The first-order valence-electron chi connectivity index (χ1n) is 11.0. The number of imide groups is 1. The molecule has 0 radical (unpaired) electrons. The number of nitrogens with zero attached hydrogens (tertiary/aromatic N) is 4. The van der Waals surface area contributed by atoms with Crippen LogP contribution in [0.3, 0.4) is 0 Å². The summed E-state index contributed by atoms with van der Waals surface area (Å²) in [6.45, 7) is 4.04. The summed E-state index contributed by atoms with van der Waals surface area (Å²) in [7, 11) is 0. The highest BCUT2D eigenvalue weighted by Gasteiger charge is 2.40. The molecule has 3 amide bonds. The summed E-state index contributed by atoms with van der Waals surface area (Å²) in [5.41, 5.74) is 1.43. The molecule has 5 rings (SSSR count). The van der Waals surface area contributed by atoms with Gasteiger partial charge in [0.25, 0.3) is 0 Å². The largest absolute Gasteiger partial charge is 0.356 e. The van der Waals surface area contributed by atoms with Gasteiger partial charge in [0.05, 0.1) is 5.69 Å². The van der Waals surface area contributed by atoms with Gasteiger partial charge in [-0.15, -0.1) is 0 Å². The van der Waals surface area contributed by atoms with Gasteiger partial charge in [-0.25, -0.2) is 9.18 Å². The van der Waals surface area contributed by atoms with Gasteiger partial charge in [0, 0.05) is 42.9 Å². The molecule has 0 N–H and O–H groups in total. The summed E-state index contributed by atoms with van der Waals surface area (Å²) in [6, 6.07) is 4.62. The van der Waals surface area contributed by atoms with Crippen LogP contribution in [0.4, 0.5) is 9.18 Å². The van der Waals surface area contributed by atoms with Gasteiger partial charge in [-0.2, -0.15) is 0 Å². The predicted octanol–water partition coefficient (Wildman–Crippen LogP) is 3.35. The van der Waals surface area contributed by atoms with Crippen LogP contribution in [-0.4, -0.2) is 70.6 Å². The Hall–Kier alpha value is -2.48. The average Bonchev–Trinajstić information content (AvgIpc) is 3.37. The monoisotopic (exact) mass is 414 g/mol. The predicted molar refractivity (Wildman–Crippen MR) is 108 cm³/mol. The number of hydrogen-bond donors (Lipinski definition) is 0. The Morgan fingerprint density at radius 1 is 1.10 bits per heavy atom. The average molecular weight is 414 g/mol. The quantitative estimate of drug-likeness (QED) is 0.750. The van der Waals surface area contributed by atoms with Gasteiger partial charge < -0.3 is 14.3 Å². The molecule has 30 heavy (non-hydrogen) atoms. The van der Waals surface area contributed by atoms with Gasteiger partial charge in [0.1, 0.15) is 5.82 Å². The Morgan fingerprint density at radius 2 is 1.93 bits per heavy atom. The number of urea groups is 1. The summed E-state index contributed by atoms with van der Waals surface area (Å²) in [5.74, 6) is -0.0209. The smallest absolute Gasteiger partial charge is 0.326 e. The standard InChI is InChI=1S/C22H27FN4O3/c23-16-4-5-18-19(13-16)30-24-21(18)15-6-11-25(12-7-15)8-2-10-27-20(28)14-17-3-1-9-26(17)22(27)29/h4-5,13,15,17H,1-3,6-12,14H2/t17-/m0/s1. The molecule has 3 aliphatic heterocycles. The molecule has 8 heteroatoms. The van der Waals surface area contributed by atoms with Crippen LogP contribution in [0.1, 0.15) is 50.1 Å². The van der Waals surface area contributed by atoms with E-state index in [0.29, 0.717) is 24.5 Å². The molecule has 4 heterocycles. The third-order valence-electron chi connectivity index (χ3n) is 6.86. The molecule has 1 aromatic carbocycles. The summed E-state index contributed by atoms with van der Waals surface area (Å²) < 4.78 is 18.7. The molecule has 0 spiro atoms. The number of fused-ring (bicyclic) bond motifs is 2. The first kappa shape index (κ1) is 19.5. The molecular weight excluding hydrogens is 387 g/mol. The van der Waals surface area contributed by atoms with Crippen LogP contribution in [0.25, 0.3) is 11.0 Å². The van der Waals surface area contributed by atoms with Crippen LogP contribution in [-0.2, 0) is 4.79 Å². The van der Waals surface area contributed by atoms with Crippen LogP contribution in [0.5, 0.6) is 0 Å². The highest BCUT2D eigenvalue weighted by atomic mass is 19.1. The Balaban J connectivity index is 1.12. The van der Waals surface area contributed by atoms with Crippen molar-refractivity contribution in [3.8, 4) is 0 Å². The molecule has 0 unspecified atom stereocenters. The number of carbonyl (C=O) groups is 2. The second kappa shape index (κ2) is 7.98. The zero-order valence-corrected chi connectivity index (χ0v) is 17.1. The Bertz CT molecular complexity index is 953. The third kappa shape index (κ3) is 3.57. The minimum absolute atomic E-state index is 0.0174. The molecule has 7 nitrogen and oxygen atoms in total. The minimum atomic E-state index is -0.314. The summed E-state index contributed by atoms with van der Waals surface area (Å²) in [5, 5.41) is 5.11. The summed E-state index contributed by atoms with van der Waals surface area (Å²) >= 11 is 0. The van der Waals surface area contributed by atoms with Crippen molar-refractivity contribution in [2.24, 2.45) is 0 Å². The van der Waals surface area contributed by atoms with Crippen LogP contribution in [0.15, 0.2) is 22.7 Å². The molecule has 2 aromatic rings. The van der Waals surface area contributed by atoms with E-state index in [1.54, 1.807) is 6.07 Å². The highest BCUT2D eigenvalue weighted by molar-refractivity contribution is 5.97. The topological polar surface area (TPSA) is 69.9 Å². The zero-order chi connectivity index (χ0) is 20.7.